The zero-order valence-corrected chi connectivity index (χ0v) is 8.11. The van der Waals surface area contributed by atoms with Crippen molar-refractivity contribution in [2.24, 2.45) is 0 Å². The van der Waals surface area contributed by atoms with Crippen molar-refractivity contribution in [1.82, 2.24) is 0 Å². The van der Waals surface area contributed by atoms with Gasteiger partial charge in [0, 0.05) is 6.42 Å². The van der Waals surface area contributed by atoms with Gasteiger partial charge in [-0.3, -0.25) is 8.98 Å². The molecule has 0 heterocycles. The van der Waals surface area contributed by atoms with E-state index in [1.165, 1.54) is 0 Å². The Balaban J connectivity index is 2.56. The van der Waals surface area contributed by atoms with Gasteiger partial charge in [-0.25, -0.2) is 0 Å². The molecule has 0 radical (unpaired) electrons. The highest BCUT2D eigenvalue weighted by molar-refractivity contribution is 8.61. The molecule has 0 saturated heterocycles. The number of thiol groups is 1. The van der Waals surface area contributed by atoms with Crippen LogP contribution in [0, 0.1) is 0 Å². The second-order valence-electron chi connectivity index (χ2n) is 2.72. The largest absolute Gasteiger partial charge is 0.319 e. The summed E-state index contributed by atoms with van der Waals surface area (Å²) < 4.78 is 25.5. The van der Waals surface area contributed by atoms with Gasteiger partial charge in [-0.1, -0.05) is 0 Å². The maximum absolute atomic E-state index is 11.0. The van der Waals surface area contributed by atoms with Gasteiger partial charge in [-0.05, 0) is 30.9 Å². The van der Waals surface area contributed by atoms with E-state index < -0.39 is 15.3 Å². The summed E-state index contributed by atoms with van der Waals surface area (Å²) in [4.78, 5) is 11.0. The van der Waals surface area contributed by atoms with Crippen LogP contribution in [0.4, 0.5) is 0 Å². The van der Waals surface area contributed by atoms with Crippen molar-refractivity contribution in [2.45, 2.75) is 31.8 Å². The standard InChI is InChI=1S/C6H10O4S2/c7-5-3-1-2-4-6(5)10-12(8,9)11/h6H,1-4H2,(H,8,9,11). The highest BCUT2D eigenvalue weighted by Gasteiger charge is 2.26. The van der Waals surface area contributed by atoms with E-state index in [4.69, 9.17) is 0 Å². The number of ketones is 1. The molecule has 0 N–H and O–H groups in total. The zero-order valence-electron chi connectivity index (χ0n) is 6.39. The van der Waals surface area contributed by atoms with Crippen molar-refractivity contribution in [2.75, 3.05) is 0 Å². The summed E-state index contributed by atoms with van der Waals surface area (Å²) in [5.74, 6) is -0.140. The first-order valence-corrected chi connectivity index (χ1v) is 6.13. The van der Waals surface area contributed by atoms with E-state index in [-0.39, 0.29) is 5.78 Å². The van der Waals surface area contributed by atoms with Crippen LogP contribution in [0.1, 0.15) is 25.7 Å². The summed E-state index contributed by atoms with van der Waals surface area (Å²) in [6.07, 6.45) is 1.76. The van der Waals surface area contributed by atoms with E-state index in [1.807, 2.05) is 0 Å². The van der Waals surface area contributed by atoms with Crippen LogP contribution in [0.15, 0.2) is 0 Å². The molecule has 12 heavy (non-hydrogen) atoms. The predicted octanol–water partition coefficient (Wildman–Crippen LogP) is 0.689. The fourth-order valence-corrected chi connectivity index (χ4v) is 2.01. The molecule has 1 rings (SSSR count). The molecule has 0 spiro atoms. The average Bonchev–Trinajstić information content (AvgIpc) is 1.91. The lowest BCUT2D eigenvalue weighted by Gasteiger charge is -2.18. The molecule has 4 nitrogen and oxygen atoms in total. The molecule has 1 atom stereocenters. The number of Topliss-reactive ketones (excluding diaryl/α,β-unsaturated/α-hetero) is 1. The summed E-state index contributed by atoms with van der Waals surface area (Å²) in [7, 11) is -3.78. The van der Waals surface area contributed by atoms with Crippen molar-refractivity contribution >= 4 is 26.6 Å². The SMILES string of the molecule is O=C1CCCCC1OS(=O)(=O)S. The molecular weight excluding hydrogens is 200 g/mol. The Labute approximate surface area is 76.2 Å². The highest BCUT2D eigenvalue weighted by Crippen LogP contribution is 2.19. The Hall–Kier alpha value is -0.0700. The molecule has 0 aromatic heterocycles. The van der Waals surface area contributed by atoms with Gasteiger partial charge >= 0.3 is 9.15 Å². The lowest BCUT2D eigenvalue weighted by Crippen LogP contribution is -2.28. The minimum atomic E-state index is -3.78. The average molecular weight is 210 g/mol. The zero-order chi connectivity index (χ0) is 9.19. The van der Waals surface area contributed by atoms with Crippen molar-refractivity contribution in [3.63, 3.8) is 0 Å². The van der Waals surface area contributed by atoms with Crippen molar-refractivity contribution < 1.29 is 17.4 Å². The molecule has 0 aromatic carbocycles. The van der Waals surface area contributed by atoms with E-state index in [1.54, 1.807) is 0 Å². The molecule has 0 bridgehead atoms. The van der Waals surface area contributed by atoms with Crippen LogP contribution in [-0.4, -0.2) is 20.3 Å². The lowest BCUT2D eigenvalue weighted by atomic mass is 9.97. The van der Waals surface area contributed by atoms with Crippen molar-refractivity contribution in [1.29, 1.82) is 0 Å². The fraction of sp³-hybridized carbons (Fsp3) is 0.833. The lowest BCUT2D eigenvalue weighted by molar-refractivity contribution is -0.127. The van der Waals surface area contributed by atoms with Crippen molar-refractivity contribution in [3.8, 4) is 0 Å². The Morgan fingerprint density at radius 1 is 1.42 bits per heavy atom. The topological polar surface area (TPSA) is 60.4 Å². The first kappa shape index (κ1) is 10.0. The fourth-order valence-electron chi connectivity index (χ4n) is 1.20. The summed E-state index contributed by atoms with van der Waals surface area (Å²) in [6.45, 7) is 0. The van der Waals surface area contributed by atoms with E-state index in [2.05, 4.69) is 15.8 Å². The highest BCUT2D eigenvalue weighted by atomic mass is 33.1. The molecule has 70 valence electrons. The third-order valence-electron chi connectivity index (χ3n) is 1.74. The molecular formula is C6H10O4S2. The number of carbonyl (C=O) groups is 1. The molecule has 1 fully saturated rings. The molecule has 1 saturated carbocycles. The third-order valence-corrected chi connectivity index (χ3v) is 2.47. The number of hydrogen-bond donors (Lipinski definition) is 1. The van der Waals surface area contributed by atoms with E-state index >= 15 is 0 Å². The molecule has 1 aliphatic rings. The predicted molar refractivity (Wildman–Crippen MR) is 46.3 cm³/mol. The van der Waals surface area contributed by atoms with Gasteiger partial charge in [0.1, 0.15) is 6.10 Å². The Kier molecular flexibility index (Phi) is 3.14. The van der Waals surface area contributed by atoms with Crippen LogP contribution in [-0.2, 0) is 18.1 Å². The summed E-state index contributed by atoms with van der Waals surface area (Å²) in [5.41, 5.74) is 0. The normalized spacial score (nSPS) is 25.8. The number of carbonyl (C=O) groups excluding carboxylic acids is 1. The van der Waals surface area contributed by atoms with Crippen LogP contribution in [0.5, 0.6) is 0 Å². The van der Waals surface area contributed by atoms with Gasteiger partial charge in [0.05, 0.1) is 0 Å². The summed E-state index contributed by atoms with van der Waals surface area (Å²) >= 11 is 3.20. The smallest absolute Gasteiger partial charge is 0.297 e. The van der Waals surface area contributed by atoms with Crippen LogP contribution in [0.25, 0.3) is 0 Å². The van der Waals surface area contributed by atoms with Gasteiger partial charge in [0.25, 0.3) is 0 Å². The Morgan fingerprint density at radius 3 is 2.58 bits per heavy atom. The van der Waals surface area contributed by atoms with Crippen LogP contribution in [0.2, 0.25) is 0 Å². The van der Waals surface area contributed by atoms with Crippen LogP contribution >= 0.6 is 11.7 Å². The van der Waals surface area contributed by atoms with E-state index in [9.17, 15) is 13.2 Å². The minimum Gasteiger partial charge on any atom is -0.297 e. The molecule has 6 heteroatoms. The molecule has 1 aliphatic carbocycles. The third kappa shape index (κ3) is 3.12. The van der Waals surface area contributed by atoms with Gasteiger partial charge in [-0.15, -0.1) is 0 Å². The molecule has 1 unspecified atom stereocenters. The Morgan fingerprint density at radius 2 is 2.08 bits per heavy atom. The van der Waals surface area contributed by atoms with Gasteiger partial charge < -0.3 is 0 Å². The monoisotopic (exact) mass is 210 g/mol. The van der Waals surface area contributed by atoms with Crippen LogP contribution < -0.4 is 0 Å². The number of rotatable bonds is 2. The summed E-state index contributed by atoms with van der Waals surface area (Å²) in [6, 6.07) is 0. The molecule has 0 aromatic rings. The van der Waals surface area contributed by atoms with Gasteiger partial charge in [0.15, 0.2) is 5.78 Å². The maximum Gasteiger partial charge on any atom is 0.319 e. The second kappa shape index (κ2) is 3.76. The summed E-state index contributed by atoms with van der Waals surface area (Å²) in [5, 5.41) is 0. The van der Waals surface area contributed by atoms with Gasteiger partial charge in [-0.2, -0.15) is 8.42 Å². The number of hydrogen-bond acceptors (Lipinski definition) is 4. The van der Waals surface area contributed by atoms with Gasteiger partial charge in [0.2, 0.25) is 0 Å². The molecule has 0 amide bonds. The maximum atomic E-state index is 11.0. The van der Waals surface area contributed by atoms with E-state index in [0.717, 1.165) is 12.8 Å². The first-order valence-electron chi connectivity index (χ1n) is 3.67. The quantitative estimate of drug-likeness (QED) is 0.538. The first-order chi connectivity index (χ1) is 5.49. The minimum absolute atomic E-state index is 0.140. The van der Waals surface area contributed by atoms with Crippen molar-refractivity contribution in [3.05, 3.63) is 0 Å². The van der Waals surface area contributed by atoms with E-state index in [0.29, 0.717) is 12.8 Å². The second-order valence-corrected chi connectivity index (χ2v) is 5.11. The Bertz CT molecular complexity index is 269. The molecule has 0 aliphatic heterocycles. The van der Waals surface area contributed by atoms with Crippen LogP contribution in [0.3, 0.4) is 0 Å².